The molecular weight excluding hydrogens is 535 g/mol. The van der Waals surface area contributed by atoms with Crippen LogP contribution in [-0.2, 0) is 13.0 Å². The maximum atomic E-state index is 13.0. The number of aromatic carboxylic acids is 1. The maximum absolute atomic E-state index is 13.0. The first-order chi connectivity index (χ1) is 19.3. The van der Waals surface area contributed by atoms with E-state index in [-0.39, 0.29) is 5.56 Å². The molecule has 7 rings (SSSR count). The molecule has 1 aliphatic carbocycles. The highest BCUT2D eigenvalue weighted by atomic mass is 32.1. The first-order valence-electron chi connectivity index (χ1n) is 13.7. The lowest BCUT2D eigenvalue weighted by atomic mass is 9.83. The third kappa shape index (κ3) is 4.27. The van der Waals surface area contributed by atoms with Crippen molar-refractivity contribution in [2.45, 2.75) is 57.2 Å². The van der Waals surface area contributed by atoms with Crippen LogP contribution in [0.3, 0.4) is 0 Å². The maximum Gasteiger partial charge on any atom is 0.393 e. The van der Waals surface area contributed by atoms with E-state index < -0.39 is 18.6 Å². The molecule has 2 aliphatic rings. The van der Waals surface area contributed by atoms with Crippen LogP contribution in [0.5, 0.6) is 0 Å². The van der Waals surface area contributed by atoms with E-state index in [1.165, 1.54) is 47.9 Å². The first kappa shape index (κ1) is 25.3. The lowest BCUT2D eigenvalue weighted by molar-refractivity contribution is -0.127. The second kappa shape index (κ2) is 9.44. The molecule has 1 fully saturated rings. The number of carboxylic acids is 1. The Bertz CT molecular complexity index is 1770. The number of alkyl halides is 3. The number of hydrogen-bond acceptors (Lipinski definition) is 3. The number of hydrogen-bond donors (Lipinski definition) is 3. The molecule has 0 saturated heterocycles. The van der Waals surface area contributed by atoms with Crippen molar-refractivity contribution >= 4 is 44.1 Å². The summed E-state index contributed by atoms with van der Waals surface area (Å²) in [6.45, 7) is 1.38. The summed E-state index contributed by atoms with van der Waals surface area (Å²) < 4.78 is 42.5. The van der Waals surface area contributed by atoms with Crippen molar-refractivity contribution in [3.8, 4) is 22.5 Å². The van der Waals surface area contributed by atoms with E-state index in [2.05, 4.69) is 20.9 Å². The van der Waals surface area contributed by atoms with Gasteiger partial charge in [0.1, 0.15) is 4.88 Å². The molecule has 1 saturated carbocycles. The Morgan fingerprint density at radius 1 is 1.07 bits per heavy atom. The number of halogens is 3. The summed E-state index contributed by atoms with van der Waals surface area (Å²) in [6.07, 6.45) is 0.554. The average molecular weight is 564 g/mol. The van der Waals surface area contributed by atoms with Gasteiger partial charge in [0.05, 0.1) is 28.0 Å². The zero-order chi connectivity index (χ0) is 27.6. The summed E-state index contributed by atoms with van der Waals surface area (Å²) in [7, 11) is 0. The molecule has 0 spiro atoms. The van der Waals surface area contributed by atoms with Crippen molar-refractivity contribution in [3.05, 3.63) is 64.5 Å². The molecule has 5 nitrogen and oxygen atoms in total. The summed E-state index contributed by atoms with van der Waals surface area (Å²) in [5.41, 5.74) is 8.15. The van der Waals surface area contributed by atoms with Crippen LogP contribution in [0.2, 0.25) is 0 Å². The third-order valence-corrected chi connectivity index (χ3v) is 9.48. The molecule has 0 unspecified atom stereocenters. The van der Waals surface area contributed by atoms with Crippen LogP contribution in [0.25, 0.3) is 43.6 Å². The van der Waals surface area contributed by atoms with Gasteiger partial charge in [-0.3, -0.25) is 0 Å². The fraction of sp³-hybridized carbons (Fsp3) is 0.323. The third-order valence-electron chi connectivity index (χ3n) is 8.34. The van der Waals surface area contributed by atoms with Crippen LogP contribution in [0.15, 0.2) is 48.5 Å². The number of aromatic amines is 1. The van der Waals surface area contributed by atoms with Gasteiger partial charge in [0.2, 0.25) is 0 Å². The minimum absolute atomic E-state index is 0.233. The number of thiophene rings is 1. The predicted octanol–water partition coefficient (Wildman–Crippen LogP) is 8.79. The van der Waals surface area contributed by atoms with Crippen LogP contribution < -0.4 is 5.32 Å². The van der Waals surface area contributed by atoms with Crippen molar-refractivity contribution in [2.24, 2.45) is 0 Å². The normalized spacial score (nSPS) is 16.1. The molecule has 1 aliphatic heterocycles. The number of anilines is 1. The van der Waals surface area contributed by atoms with Gasteiger partial charge in [-0.25, -0.2) is 4.79 Å². The number of carboxylic acid groups (broad SMARTS) is 1. The minimum Gasteiger partial charge on any atom is -0.477 e. The van der Waals surface area contributed by atoms with Gasteiger partial charge < -0.3 is 20.0 Å². The topological polar surface area (TPSA) is 70.0 Å². The van der Waals surface area contributed by atoms with E-state index >= 15 is 0 Å². The van der Waals surface area contributed by atoms with Gasteiger partial charge in [-0.05, 0) is 65.8 Å². The second-order valence-electron chi connectivity index (χ2n) is 10.9. The highest BCUT2D eigenvalue weighted by Gasteiger charge is 2.32. The quantitative estimate of drug-likeness (QED) is 0.205. The molecule has 40 heavy (non-hydrogen) atoms. The van der Waals surface area contributed by atoms with E-state index in [0.717, 1.165) is 50.9 Å². The zero-order valence-electron chi connectivity index (χ0n) is 21.7. The molecule has 206 valence electrons. The summed E-state index contributed by atoms with van der Waals surface area (Å²) in [4.78, 5) is 15.7. The Morgan fingerprint density at radius 2 is 1.90 bits per heavy atom. The van der Waals surface area contributed by atoms with Gasteiger partial charge in [-0.15, -0.1) is 11.3 Å². The molecule has 3 aromatic heterocycles. The summed E-state index contributed by atoms with van der Waals surface area (Å²) in [6, 6.07) is 14.6. The predicted molar refractivity (Wildman–Crippen MR) is 154 cm³/mol. The van der Waals surface area contributed by atoms with Gasteiger partial charge in [-0.2, -0.15) is 13.2 Å². The van der Waals surface area contributed by atoms with Crippen molar-refractivity contribution in [1.29, 1.82) is 0 Å². The first-order valence-corrected chi connectivity index (χ1v) is 14.5. The molecule has 2 aromatic carbocycles. The smallest absolute Gasteiger partial charge is 0.393 e. The number of aromatic nitrogens is 2. The Morgan fingerprint density at radius 3 is 2.67 bits per heavy atom. The largest absolute Gasteiger partial charge is 0.477 e. The van der Waals surface area contributed by atoms with Crippen LogP contribution in [0.1, 0.15) is 58.8 Å². The fourth-order valence-corrected chi connectivity index (χ4v) is 7.79. The number of rotatable bonds is 4. The van der Waals surface area contributed by atoms with Crippen LogP contribution in [-0.4, -0.2) is 33.3 Å². The summed E-state index contributed by atoms with van der Waals surface area (Å²) in [5.74, 6) is -0.509. The van der Waals surface area contributed by atoms with E-state index in [1.807, 2.05) is 24.3 Å². The van der Waals surface area contributed by atoms with E-state index in [9.17, 15) is 23.1 Å². The van der Waals surface area contributed by atoms with Crippen LogP contribution in [0, 0.1) is 0 Å². The van der Waals surface area contributed by atoms with Crippen LogP contribution in [0.4, 0.5) is 18.9 Å². The SMILES string of the molecule is O=C(O)c1cc2c(s1)c(C1CCCCC1)c1n2CCNc2c-1ccc1[nH]c(-c3cccc(CC(F)(F)F)c3)cc21. The van der Waals surface area contributed by atoms with Crippen LogP contribution >= 0.6 is 11.3 Å². The number of fused-ring (bicyclic) bond motifs is 7. The summed E-state index contributed by atoms with van der Waals surface area (Å²) >= 11 is 1.38. The number of benzene rings is 2. The van der Waals surface area contributed by atoms with Gasteiger partial charge in [0.25, 0.3) is 0 Å². The van der Waals surface area contributed by atoms with Gasteiger partial charge >= 0.3 is 12.1 Å². The molecular formula is C31H28F3N3O2S. The van der Waals surface area contributed by atoms with Crippen molar-refractivity contribution in [2.75, 3.05) is 11.9 Å². The number of nitrogens with zero attached hydrogens (tertiary/aromatic N) is 1. The molecule has 0 amide bonds. The lowest BCUT2D eigenvalue weighted by Gasteiger charge is -2.23. The monoisotopic (exact) mass is 563 g/mol. The molecule has 0 atom stereocenters. The van der Waals surface area contributed by atoms with E-state index in [4.69, 9.17) is 0 Å². The molecule has 3 N–H and O–H groups in total. The number of nitrogens with one attached hydrogen (secondary N) is 2. The van der Waals surface area contributed by atoms with Gasteiger partial charge in [0.15, 0.2) is 0 Å². The fourth-order valence-electron chi connectivity index (χ4n) is 6.67. The highest BCUT2D eigenvalue weighted by Crippen LogP contribution is 2.50. The number of H-pyrrole nitrogens is 1. The Balaban J connectivity index is 1.40. The second-order valence-corrected chi connectivity index (χ2v) is 12.0. The minimum atomic E-state index is -4.26. The molecule has 5 aromatic rings. The standard InChI is InChI=1S/C31H28F3N3O2S/c32-31(33,34)16-17-5-4-8-19(13-17)23-14-21-22(36-23)10-9-20-27(21)35-11-12-37-24-15-25(30(38)39)40-29(24)26(28(20)37)18-6-2-1-3-7-18/h4-5,8-10,13-15,18,35-36H,1-3,6-7,11-12,16H2,(H,38,39). The Hall–Kier alpha value is -3.72. The molecule has 4 heterocycles. The van der Waals surface area contributed by atoms with Gasteiger partial charge in [0, 0.05) is 35.2 Å². The van der Waals surface area contributed by atoms with Crippen molar-refractivity contribution < 1.29 is 23.1 Å². The van der Waals surface area contributed by atoms with Crippen molar-refractivity contribution in [1.82, 2.24) is 9.55 Å². The Labute approximate surface area is 232 Å². The number of carbonyl (C=O) groups is 1. The average Bonchev–Trinajstić information content (AvgIpc) is 3.58. The molecule has 0 bridgehead atoms. The van der Waals surface area contributed by atoms with E-state index in [0.29, 0.717) is 29.4 Å². The molecule has 9 heteroatoms. The Kier molecular flexibility index (Phi) is 5.96. The molecule has 0 radical (unpaired) electrons. The van der Waals surface area contributed by atoms with Gasteiger partial charge in [-0.1, -0.05) is 37.5 Å². The zero-order valence-corrected chi connectivity index (χ0v) is 22.5. The highest BCUT2D eigenvalue weighted by molar-refractivity contribution is 7.21. The van der Waals surface area contributed by atoms with Crippen molar-refractivity contribution in [3.63, 3.8) is 0 Å². The summed E-state index contributed by atoms with van der Waals surface area (Å²) in [5, 5.41) is 14.4. The lowest BCUT2D eigenvalue weighted by Crippen LogP contribution is -2.11. The van der Waals surface area contributed by atoms with E-state index in [1.54, 1.807) is 12.1 Å².